The number of benzene rings is 2. The van der Waals surface area contributed by atoms with Crippen LogP contribution in [-0.4, -0.2) is 40.2 Å². The Bertz CT molecular complexity index is 928. The normalized spacial score (nSPS) is 15.2. The largest absolute Gasteiger partial charge is 0.473 e. The Balaban J connectivity index is 1.42. The summed E-state index contributed by atoms with van der Waals surface area (Å²) in [5.74, 6) is 0.679. The maximum atomic E-state index is 12.7. The first kappa shape index (κ1) is 16.5. The van der Waals surface area contributed by atoms with Crippen molar-refractivity contribution in [2.24, 2.45) is 0 Å². The lowest BCUT2D eigenvalue weighted by molar-refractivity contribution is 0.0588. The van der Waals surface area contributed by atoms with E-state index in [4.69, 9.17) is 4.74 Å². The van der Waals surface area contributed by atoms with Crippen molar-refractivity contribution in [1.29, 1.82) is 0 Å². The van der Waals surface area contributed by atoms with Crippen LogP contribution in [0.4, 0.5) is 0 Å². The second-order valence-corrected chi connectivity index (χ2v) is 6.66. The van der Waals surface area contributed by atoms with Gasteiger partial charge in [0.15, 0.2) is 0 Å². The molecule has 2 aromatic carbocycles. The van der Waals surface area contributed by atoms with Crippen LogP contribution in [0.2, 0.25) is 0 Å². The molecule has 1 aliphatic rings. The van der Waals surface area contributed by atoms with Gasteiger partial charge in [0.05, 0.1) is 6.20 Å². The Kier molecular flexibility index (Phi) is 4.52. The number of aryl methyl sites for hydroxylation is 1. The molecule has 2 heterocycles. The Labute approximate surface area is 152 Å². The number of aromatic nitrogens is 2. The molecule has 0 N–H and O–H groups in total. The zero-order valence-corrected chi connectivity index (χ0v) is 14.8. The molecule has 3 aromatic rings. The van der Waals surface area contributed by atoms with Crippen molar-refractivity contribution in [3.8, 4) is 5.88 Å². The van der Waals surface area contributed by atoms with Crippen molar-refractivity contribution in [1.82, 2.24) is 15.1 Å². The molecular formula is C21H21N3O2. The van der Waals surface area contributed by atoms with E-state index >= 15 is 0 Å². The summed E-state index contributed by atoms with van der Waals surface area (Å²) in [7, 11) is 0. The molecule has 1 aliphatic heterocycles. The van der Waals surface area contributed by atoms with Crippen molar-refractivity contribution in [2.75, 3.05) is 13.1 Å². The molecule has 0 atom stereocenters. The topological polar surface area (TPSA) is 55.3 Å². The molecule has 0 aliphatic carbocycles. The van der Waals surface area contributed by atoms with Crippen LogP contribution in [0.1, 0.15) is 28.8 Å². The third-order valence-electron chi connectivity index (χ3n) is 4.92. The summed E-state index contributed by atoms with van der Waals surface area (Å²) >= 11 is 0. The van der Waals surface area contributed by atoms with Crippen molar-refractivity contribution in [3.05, 3.63) is 65.9 Å². The molecule has 1 aromatic heterocycles. The molecular weight excluding hydrogens is 326 g/mol. The fourth-order valence-corrected chi connectivity index (χ4v) is 3.41. The summed E-state index contributed by atoms with van der Waals surface area (Å²) in [4.78, 5) is 14.6. The predicted molar refractivity (Wildman–Crippen MR) is 100 cm³/mol. The van der Waals surface area contributed by atoms with E-state index in [1.807, 2.05) is 60.4 Å². The lowest BCUT2D eigenvalue weighted by Gasteiger charge is -2.32. The highest BCUT2D eigenvalue weighted by Gasteiger charge is 2.26. The summed E-state index contributed by atoms with van der Waals surface area (Å²) in [5, 5.41) is 10.2. The molecule has 4 rings (SSSR count). The predicted octanol–water partition coefficient (Wildman–Crippen LogP) is 3.62. The van der Waals surface area contributed by atoms with Crippen LogP contribution in [0, 0.1) is 6.92 Å². The van der Waals surface area contributed by atoms with Gasteiger partial charge in [0.2, 0.25) is 5.88 Å². The number of carbonyl (C=O) groups is 1. The fourth-order valence-electron chi connectivity index (χ4n) is 3.41. The Morgan fingerprint density at radius 3 is 2.62 bits per heavy atom. The van der Waals surface area contributed by atoms with Gasteiger partial charge in [-0.15, -0.1) is 5.10 Å². The highest BCUT2D eigenvalue weighted by molar-refractivity contribution is 5.95. The summed E-state index contributed by atoms with van der Waals surface area (Å²) < 4.78 is 6.11. The minimum Gasteiger partial charge on any atom is -0.473 e. The van der Waals surface area contributed by atoms with Crippen LogP contribution in [0.15, 0.2) is 54.7 Å². The smallest absolute Gasteiger partial charge is 0.254 e. The number of carbonyl (C=O) groups excluding carboxylic acids is 1. The molecule has 5 heteroatoms. The monoisotopic (exact) mass is 347 g/mol. The zero-order valence-electron chi connectivity index (χ0n) is 14.8. The summed E-state index contributed by atoms with van der Waals surface area (Å²) in [6, 6.07) is 15.7. The van der Waals surface area contributed by atoms with E-state index in [1.54, 1.807) is 6.20 Å². The van der Waals surface area contributed by atoms with E-state index in [2.05, 4.69) is 10.2 Å². The van der Waals surface area contributed by atoms with Gasteiger partial charge >= 0.3 is 0 Å². The second kappa shape index (κ2) is 7.12. The number of hydrogen-bond donors (Lipinski definition) is 0. The SMILES string of the molecule is Cc1ccccc1C(=O)N1CCC(Oc2nncc3ccccc23)CC1. The number of rotatable bonds is 3. The van der Waals surface area contributed by atoms with Crippen molar-refractivity contribution in [2.45, 2.75) is 25.9 Å². The third kappa shape index (κ3) is 3.25. The summed E-state index contributed by atoms with van der Waals surface area (Å²) in [5.41, 5.74) is 1.80. The number of nitrogens with zero attached hydrogens (tertiary/aromatic N) is 3. The number of amides is 1. The van der Waals surface area contributed by atoms with Crippen LogP contribution in [0.3, 0.4) is 0 Å². The summed E-state index contributed by atoms with van der Waals surface area (Å²) in [6.07, 6.45) is 3.38. The number of hydrogen-bond acceptors (Lipinski definition) is 4. The average molecular weight is 347 g/mol. The Hall–Kier alpha value is -2.95. The van der Waals surface area contributed by atoms with E-state index in [9.17, 15) is 4.79 Å². The third-order valence-corrected chi connectivity index (χ3v) is 4.92. The molecule has 0 bridgehead atoms. The lowest BCUT2D eigenvalue weighted by Crippen LogP contribution is -2.42. The van der Waals surface area contributed by atoms with Crippen molar-refractivity contribution in [3.63, 3.8) is 0 Å². The first-order valence-corrected chi connectivity index (χ1v) is 8.94. The molecule has 0 saturated carbocycles. The maximum Gasteiger partial charge on any atom is 0.254 e. The first-order valence-electron chi connectivity index (χ1n) is 8.94. The van der Waals surface area contributed by atoms with Gasteiger partial charge < -0.3 is 9.64 Å². The highest BCUT2D eigenvalue weighted by atomic mass is 16.5. The summed E-state index contributed by atoms with van der Waals surface area (Å²) in [6.45, 7) is 3.36. The van der Waals surface area contributed by atoms with Gasteiger partial charge in [-0.1, -0.05) is 36.4 Å². The molecule has 132 valence electrons. The van der Waals surface area contributed by atoms with Gasteiger partial charge in [0, 0.05) is 42.3 Å². The zero-order chi connectivity index (χ0) is 17.9. The molecule has 0 radical (unpaired) electrons. The first-order chi connectivity index (χ1) is 12.7. The minimum atomic E-state index is 0.0519. The molecule has 1 amide bonds. The molecule has 26 heavy (non-hydrogen) atoms. The standard InChI is InChI=1S/C21H21N3O2/c1-15-6-2-4-8-18(15)21(25)24-12-10-17(11-13-24)26-20-19-9-5-3-7-16(19)14-22-23-20/h2-9,14,17H,10-13H2,1H3. The maximum absolute atomic E-state index is 12.7. The number of ether oxygens (including phenoxy) is 1. The van der Waals surface area contributed by atoms with Crippen molar-refractivity contribution >= 4 is 16.7 Å². The lowest BCUT2D eigenvalue weighted by atomic mass is 10.0. The number of fused-ring (bicyclic) bond motifs is 1. The molecule has 5 nitrogen and oxygen atoms in total. The van der Waals surface area contributed by atoms with E-state index in [1.165, 1.54) is 0 Å². The van der Waals surface area contributed by atoms with Gasteiger partial charge in [-0.05, 0) is 24.6 Å². The minimum absolute atomic E-state index is 0.0519. The second-order valence-electron chi connectivity index (χ2n) is 6.66. The molecule has 1 saturated heterocycles. The van der Waals surface area contributed by atoms with E-state index in [0.717, 1.165) is 34.7 Å². The molecule has 0 unspecified atom stereocenters. The van der Waals surface area contributed by atoms with Gasteiger partial charge in [-0.2, -0.15) is 5.10 Å². The van der Waals surface area contributed by atoms with Crippen molar-refractivity contribution < 1.29 is 9.53 Å². The van der Waals surface area contributed by atoms with Crippen LogP contribution in [0.25, 0.3) is 10.8 Å². The quantitative estimate of drug-likeness (QED) is 0.726. The van der Waals surface area contributed by atoms with E-state index < -0.39 is 0 Å². The highest BCUT2D eigenvalue weighted by Crippen LogP contribution is 2.25. The van der Waals surface area contributed by atoms with Gasteiger partial charge in [0.25, 0.3) is 5.91 Å². The molecule has 0 spiro atoms. The molecule has 1 fully saturated rings. The van der Waals surface area contributed by atoms with Gasteiger partial charge in [-0.3, -0.25) is 4.79 Å². The Morgan fingerprint density at radius 1 is 1.08 bits per heavy atom. The number of likely N-dealkylation sites (tertiary alicyclic amines) is 1. The average Bonchev–Trinajstić information content (AvgIpc) is 2.69. The Morgan fingerprint density at radius 2 is 1.81 bits per heavy atom. The fraction of sp³-hybridized carbons (Fsp3) is 0.286. The van der Waals surface area contributed by atoms with Crippen LogP contribution in [0.5, 0.6) is 5.88 Å². The van der Waals surface area contributed by atoms with Crippen LogP contribution >= 0.6 is 0 Å². The van der Waals surface area contributed by atoms with Gasteiger partial charge in [-0.25, -0.2) is 0 Å². The van der Waals surface area contributed by atoms with Crippen LogP contribution < -0.4 is 4.74 Å². The van der Waals surface area contributed by atoms with Gasteiger partial charge in [0.1, 0.15) is 6.10 Å². The van der Waals surface area contributed by atoms with Crippen LogP contribution in [-0.2, 0) is 0 Å². The number of piperidine rings is 1. The van der Waals surface area contributed by atoms with E-state index in [-0.39, 0.29) is 12.0 Å². The van der Waals surface area contributed by atoms with E-state index in [0.29, 0.717) is 19.0 Å².